The third-order valence-corrected chi connectivity index (χ3v) is 4.04. The first-order valence-corrected chi connectivity index (χ1v) is 7.62. The first kappa shape index (κ1) is 18.0. The molecular weight excluding hydrogens is 347 g/mol. The zero-order valence-corrected chi connectivity index (χ0v) is 13.9. The summed E-state index contributed by atoms with van der Waals surface area (Å²) in [6.45, 7) is 4.15. The van der Waals surface area contributed by atoms with E-state index in [0.29, 0.717) is 17.3 Å². The molecule has 1 rings (SSSR count). The quantitative estimate of drug-likeness (QED) is 0.722. The zero-order valence-electron chi connectivity index (χ0n) is 12.3. The average molecular weight is 366 g/mol. The van der Waals surface area contributed by atoms with Gasteiger partial charge in [0.2, 0.25) is 0 Å². The van der Waals surface area contributed by atoms with Crippen LogP contribution < -0.4 is 0 Å². The Kier molecular flexibility index (Phi) is 6.25. The number of benzene rings is 1. The standard InChI is InChI=1S/C15H19BrF3NO/c1-4-11(5-2)20(9-15(17,18)19)14(21)12-8-10(3)6-7-13(12)16/h6-8,11H,4-5,9H2,1-3H3. The van der Waals surface area contributed by atoms with Crippen LogP contribution in [0.4, 0.5) is 13.2 Å². The van der Waals surface area contributed by atoms with Crippen LogP contribution in [0.25, 0.3) is 0 Å². The van der Waals surface area contributed by atoms with Crippen LogP contribution in [0.2, 0.25) is 0 Å². The lowest BCUT2D eigenvalue weighted by Gasteiger charge is -2.31. The van der Waals surface area contributed by atoms with Gasteiger partial charge in [0.25, 0.3) is 5.91 Å². The molecule has 1 aromatic rings. The molecule has 0 fully saturated rings. The maximum Gasteiger partial charge on any atom is 0.406 e. The Labute approximate surface area is 131 Å². The second-order valence-corrected chi connectivity index (χ2v) is 5.86. The molecule has 0 unspecified atom stereocenters. The van der Waals surface area contributed by atoms with E-state index in [1.165, 1.54) is 0 Å². The molecule has 0 aliphatic carbocycles. The van der Waals surface area contributed by atoms with Gasteiger partial charge in [-0.25, -0.2) is 0 Å². The summed E-state index contributed by atoms with van der Waals surface area (Å²) in [5.74, 6) is -0.586. The van der Waals surface area contributed by atoms with Crippen LogP contribution in [0.5, 0.6) is 0 Å². The Hall–Kier alpha value is -1.04. The van der Waals surface area contributed by atoms with E-state index in [9.17, 15) is 18.0 Å². The number of alkyl halides is 3. The average Bonchev–Trinajstić information content (AvgIpc) is 2.39. The molecule has 0 aliphatic heterocycles. The van der Waals surface area contributed by atoms with Gasteiger partial charge in [0.1, 0.15) is 6.54 Å². The van der Waals surface area contributed by atoms with Crippen molar-refractivity contribution in [2.24, 2.45) is 0 Å². The molecule has 2 nitrogen and oxygen atoms in total. The summed E-state index contributed by atoms with van der Waals surface area (Å²) in [6.07, 6.45) is -3.43. The fourth-order valence-corrected chi connectivity index (χ4v) is 2.66. The SMILES string of the molecule is CCC(CC)N(CC(F)(F)F)C(=O)c1cc(C)ccc1Br. The molecule has 0 atom stereocenters. The Balaban J connectivity index is 3.18. The second-order valence-electron chi connectivity index (χ2n) is 5.00. The molecule has 0 saturated heterocycles. The van der Waals surface area contributed by atoms with Crippen LogP contribution in [-0.4, -0.2) is 29.6 Å². The lowest BCUT2D eigenvalue weighted by molar-refractivity contribution is -0.144. The first-order chi connectivity index (χ1) is 9.69. The number of nitrogens with zero attached hydrogens (tertiary/aromatic N) is 1. The summed E-state index contributed by atoms with van der Waals surface area (Å²) in [4.78, 5) is 13.5. The summed E-state index contributed by atoms with van der Waals surface area (Å²) in [5, 5.41) is 0. The summed E-state index contributed by atoms with van der Waals surface area (Å²) in [5.41, 5.74) is 1.10. The van der Waals surface area contributed by atoms with Crippen LogP contribution in [-0.2, 0) is 0 Å². The van der Waals surface area contributed by atoms with Crippen LogP contribution in [0, 0.1) is 6.92 Å². The molecule has 118 valence electrons. The molecule has 21 heavy (non-hydrogen) atoms. The first-order valence-electron chi connectivity index (χ1n) is 6.83. The third-order valence-electron chi connectivity index (χ3n) is 3.35. The maximum absolute atomic E-state index is 12.8. The van der Waals surface area contributed by atoms with E-state index in [0.717, 1.165) is 10.5 Å². The van der Waals surface area contributed by atoms with Crippen LogP contribution in [0.1, 0.15) is 42.6 Å². The number of aryl methyl sites for hydroxylation is 1. The third kappa shape index (κ3) is 5.02. The Bertz CT molecular complexity index is 498. The molecule has 1 aromatic carbocycles. The highest BCUT2D eigenvalue weighted by atomic mass is 79.9. The minimum Gasteiger partial charge on any atom is -0.327 e. The predicted molar refractivity (Wildman–Crippen MR) is 80.3 cm³/mol. The van der Waals surface area contributed by atoms with E-state index in [1.807, 2.05) is 0 Å². The molecule has 0 saturated carbocycles. The van der Waals surface area contributed by atoms with Gasteiger partial charge in [-0.05, 0) is 47.8 Å². The van der Waals surface area contributed by atoms with Crippen molar-refractivity contribution in [2.75, 3.05) is 6.54 Å². The largest absolute Gasteiger partial charge is 0.406 e. The fraction of sp³-hybridized carbons (Fsp3) is 0.533. The van der Waals surface area contributed by atoms with E-state index in [2.05, 4.69) is 15.9 Å². The number of halogens is 4. The van der Waals surface area contributed by atoms with E-state index < -0.39 is 24.7 Å². The lowest BCUT2D eigenvalue weighted by Crippen LogP contribution is -2.45. The highest BCUT2D eigenvalue weighted by molar-refractivity contribution is 9.10. The second kappa shape index (κ2) is 7.29. The number of hydrogen-bond donors (Lipinski definition) is 0. The van der Waals surface area contributed by atoms with Crippen LogP contribution >= 0.6 is 15.9 Å². The van der Waals surface area contributed by atoms with E-state index >= 15 is 0 Å². The molecule has 0 aromatic heterocycles. The fourth-order valence-electron chi connectivity index (χ4n) is 2.25. The van der Waals surface area contributed by atoms with Crippen LogP contribution in [0.15, 0.2) is 22.7 Å². The predicted octanol–water partition coefficient (Wildman–Crippen LogP) is 4.95. The summed E-state index contributed by atoms with van der Waals surface area (Å²) in [7, 11) is 0. The minimum absolute atomic E-state index is 0.270. The number of carbonyl (C=O) groups is 1. The molecule has 0 aliphatic rings. The van der Waals surface area contributed by atoms with Crippen molar-refractivity contribution in [3.63, 3.8) is 0 Å². The minimum atomic E-state index is -4.41. The highest BCUT2D eigenvalue weighted by Gasteiger charge is 2.36. The van der Waals surface area contributed by atoms with Gasteiger partial charge in [-0.15, -0.1) is 0 Å². The molecule has 0 spiro atoms. The van der Waals surface area contributed by atoms with Gasteiger partial charge in [0, 0.05) is 10.5 Å². The van der Waals surface area contributed by atoms with Crippen molar-refractivity contribution in [1.29, 1.82) is 0 Å². The Morgan fingerprint density at radius 1 is 1.29 bits per heavy atom. The van der Waals surface area contributed by atoms with E-state index in [-0.39, 0.29) is 5.56 Å². The normalized spacial score (nSPS) is 11.8. The molecule has 0 heterocycles. The van der Waals surface area contributed by atoms with Crippen LogP contribution in [0.3, 0.4) is 0 Å². The van der Waals surface area contributed by atoms with E-state index in [1.54, 1.807) is 39.0 Å². The molecule has 0 bridgehead atoms. The Morgan fingerprint density at radius 3 is 2.33 bits per heavy atom. The molecule has 1 amide bonds. The van der Waals surface area contributed by atoms with Crippen molar-refractivity contribution in [2.45, 2.75) is 45.8 Å². The van der Waals surface area contributed by atoms with Crippen molar-refractivity contribution >= 4 is 21.8 Å². The highest BCUT2D eigenvalue weighted by Crippen LogP contribution is 2.25. The van der Waals surface area contributed by atoms with Crippen molar-refractivity contribution in [3.05, 3.63) is 33.8 Å². The summed E-state index contributed by atoms with van der Waals surface area (Å²) in [6, 6.07) is 4.66. The van der Waals surface area contributed by atoms with Gasteiger partial charge in [-0.2, -0.15) is 13.2 Å². The summed E-state index contributed by atoms with van der Waals surface area (Å²) >= 11 is 3.24. The maximum atomic E-state index is 12.8. The van der Waals surface area contributed by atoms with Gasteiger partial charge < -0.3 is 4.90 Å². The van der Waals surface area contributed by atoms with Crippen molar-refractivity contribution in [1.82, 2.24) is 4.90 Å². The zero-order chi connectivity index (χ0) is 16.2. The molecule has 6 heteroatoms. The molecule has 0 radical (unpaired) electrons. The topological polar surface area (TPSA) is 20.3 Å². The number of amides is 1. The number of hydrogen-bond acceptors (Lipinski definition) is 1. The smallest absolute Gasteiger partial charge is 0.327 e. The Morgan fingerprint density at radius 2 is 1.86 bits per heavy atom. The molecule has 0 N–H and O–H groups in total. The van der Waals surface area contributed by atoms with Gasteiger partial charge in [-0.1, -0.05) is 25.5 Å². The van der Waals surface area contributed by atoms with Crippen molar-refractivity contribution < 1.29 is 18.0 Å². The van der Waals surface area contributed by atoms with Gasteiger partial charge in [0.15, 0.2) is 0 Å². The van der Waals surface area contributed by atoms with E-state index in [4.69, 9.17) is 0 Å². The number of rotatable bonds is 5. The van der Waals surface area contributed by atoms with Crippen molar-refractivity contribution in [3.8, 4) is 0 Å². The number of carbonyl (C=O) groups excluding carboxylic acids is 1. The van der Waals surface area contributed by atoms with Gasteiger partial charge in [0.05, 0.1) is 5.56 Å². The monoisotopic (exact) mass is 365 g/mol. The molecular formula is C15H19BrF3NO. The summed E-state index contributed by atoms with van der Waals surface area (Å²) < 4.78 is 38.9. The lowest BCUT2D eigenvalue weighted by atomic mass is 10.1. The van der Waals surface area contributed by atoms with Gasteiger partial charge in [-0.3, -0.25) is 4.79 Å². The van der Waals surface area contributed by atoms with Gasteiger partial charge >= 0.3 is 6.18 Å².